The highest BCUT2D eigenvalue weighted by atomic mass is 32.1. The Labute approximate surface area is 239 Å². The Morgan fingerprint density at radius 1 is 0.525 bits per heavy atom. The fourth-order valence-electron chi connectivity index (χ4n) is 6.11. The van der Waals surface area contributed by atoms with Gasteiger partial charge in [0.15, 0.2) is 0 Å². The molecule has 0 aliphatic carbocycles. The Bertz CT molecular complexity index is 1790. The molecule has 0 spiro atoms. The molecule has 0 atom stereocenters. The van der Waals surface area contributed by atoms with Gasteiger partial charge in [-0.2, -0.15) is 0 Å². The first-order chi connectivity index (χ1) is 19.8. The van der Waals surface area contributed by atoms with Crippen LogP contribution in [0, 0.1) is 0 Å². The number of nitrogens with zero attached hydrogens (tertiary/aromatic N) is 1. The number of carbonyl (C=O) groups is 1. The molecule has 194 valence electrons. The van der Waals surface area contributed by atoms with Gasteiger partial charge in [-0.1, -0.05) is 121 Å². The van der Waals surface area contributed by atoms with Gasteiger partial charge in [0.1, 0.15) is 4.88 Å². The van der Waals surface area contributed by atoms with Gasteiger partial charge in [0.05, 0.1) is 0 Å². The zero-order valence-electron chi connectivity index (χ0n) is 22.2. The molecular weight excluding hydrogens is 506 g/mol. The number of fused-ring (bicyclic) bond motifs is 1. The van der Waals surface area contributed by atoms with Crippen LogP contribution in [0.25, 0.3) is 55.3 Å². The van der Waals surface area contributed by atoms with E-state index in [0.717, 1.165) is 69.4 Å². The van der Waals surface area contributed by atoms with Crippen molar-refractivity contribution in [1.82, 2.24) is 4.90 Å². The molecule has 6 aromatic rings. The lowest BCUT2D eigenvalue weighted by Gasteiger charge is -2.24. The van der Waals surface area contributed by atoms with Gasteiger partial charge in [0.2, 0.25) is 0 Å². The molecule has 2 heterocycles. The molecule has 1 aliphatic rings. The first-order valence-corrected chi connectivity index (χ1v) is 14.8. The van der Waals surface area contributed by atoms with Crippen LogP contribution < -0.4 is 0 Å². The van der Waals surface area contributed by atoms with Crippen molar-refractivity contribution in [1.29, 1.82) is 0 Å². The summed E-state index contributed by atoms with van der Waals surface area (Å²) < 4.78 is 0. The maximum Gasteiger partial charge on any atom is 0.264 e. The Morgan fingerprint density at radius 3 is 1.40 bits per heavy atom. The smallest absolute Gasteiger partial charge is 0.264 e. The Morgan fingerprint density at radius 2 is 0.925 bits per heavy atom. The van der Waals surface area contributed by atoms with Gasteiger partial charge in [-0.3, -0.25) is 4.79 Å². The van der Waals surface area contributed by atoms with Crippen molar-refractivity contribution in [3.05, 3.63) is 132 Å². The molecule has 7 rings (SSSR count). The second kappa shape index (κ2) is 10.6. The first-order valence-electron chi connectivity index (χ1n) is 13.9. The summed E-state index contributed by atoms with van der Waals surface area (Å²) >= 11 is 1.59. The number of amides is 1. The summed E-state index contributed by atoms with van der Waals surface area (Å²) in [4.78, 5) is 17.0. The molecule has 1 saturated heterocycles. The normalized spacial score (nSPS) is 13.2. The average Bonchev–Trinajstić information content (AvgIpc) is 3.73. The minimum Gasteiger partial charge on any atom is -0.338 e. The van der Waals surface area contributed by atoms with E-state index >= 15 is 0 Å². The van der Waals surface area contributed by atoms with E-state index in [0.29, 0.717) is 0 Å². The fourth-order valence-corrected chi connectivity index (χ4v) is 7.14. The molecule has 2 nitrogen and oxygen atoms in total. The van der Waals surface area contributed by atoms with E-state index in [2.05, 4.69) is 127 Å². The van der Waals surface area contributed by atoms with Gasteiger partial charge >= 0.3 is 0 Å². The first kappa shape index (κ1) is 24.6. The molecule has 0 radical (unpaired) electrons. The summed E-state index contributed by atoms with van der Waals surface area (Å²) in [6.07, 6.45) is 2.15. The third kappa shape index (κ3) is 4.24. The summed E-state index contributed by atoms with van der Waals surface area (Å²) in [5, 5.41) is 4.41. The Balaban J connectivity index is 1.71. The molecule has 1 amide bonds. The quantitative estimate of drug-likeness (QED) is 0.215. The third-order valence-electron chi connectivity index (χ3n) is 7.90. The number of hydrogen-bond donors (Lipinski definition) is 0. The van der Waals surface area contributed by atoms with E-state index in [-0.39, 0.29) is 5.91 Å². The predicted octanol–water partition coefficient (Wildman–Crippen LogP) is 9.81. The van der Waals surface area contributed by atoms with E-state index in [4.69, 9.17) is 0 Å². The monoisotopic (exact) mass is 535 g/mol. The van der Waals surface area contributed by atoms with E-state index in [9.17, 15) is 4.79 Å². The third-order valence-corrected chi connectivity index (χ3v) is 8.87. The van der Waals surface area contributed by atoms with Crippen molar-refractivity contribution >= 4 is 28.0 Å². The minimum atomic E-state index is 0.153. The second-order valence-corrected chi connectivity index (χ2v) is 11.2. The van der Waals surface area contributed by atoms with E-state index in [1.54, 1.807) is 11.3 Å². The van der Waals surface area contributed by atoms with Gasteiger partial charge in [0, 0.05) is 29.2 Å². The SMILES string of the molecule is O=C(c1scc2c(-c3ccccc3)c(-c3ccccc3)c(-c3ccccc3)c(-c3ccccc3)c12)N1CCCC1. The van der Waals surface area contributed by atoms with Crippen molar-refractivity contribution in [3.8, 4) is 44.5 Å². The van der Waals surface area contributed by atoms with Crippen LogP contribution in [0.1, 0.15) is 22.5 Å². The van der Waals surface area contributed by atoms with Crippen LogP contribution in [-0.2, 0) is 0 Å². The average molecular weight is 536 g/mol. The lowest BCUT2D eigenvalue weighted by Crippen LogP contribution is -2.27. The molecule has 5 aromatic carbocycles. The molecule has 0 unspecified atom stereocenters. The maximum atomic E-state index is 14.1. The summed E-state index contributed by atoms with van der Waals surface area (Å²) in [7, 11) is 0. The molecule has 40 heavy (non-hydrogen) atoms. The lowest BCUT2D eigenvalue weighted by molar-refractivity contribution is 0.0799. The minimum absolute atomic E-state index is 0.153. The largest absolute Gasteiger partial charge is 0.338 e. The topological polar surface area (TPSA) is 20.3 Å². The standard InChI is InChI=1S/C37H29NOS/c39-37(38-23-13-14-24-38)36-35-30(25-40-36)31(26-15-5-1-6-16-26)32(27-17-7-2-8-18-27)33(28-19-9-3-10-20-28)34(35)29-21-11-4-12-22-29/h1-12,15-22,25H,13-14,23-24H2. The maximum absolute atomic E-state index is 14.1. The van der Waals surface area contributed by atoms with Crippen LogP contribution >= 0.6 is 11.3 Å². The molecule has 1 aliphatic heterocycles. The Kier molecular flexibility index (Phi) is 6.51. The zero-order chi connectivity index (χ0) is 26.9. The van der Waals surface area contributed by atoms with Crippen molar-refractivity contribution in [2.45, 2.75) is 12.8 Å². The summed E-state index contributed by atoms with van der Waals surface area (Å²) in [5.74, 6) is 0.153. The molecule has 1 fully saturated rings. The molecule has 3 heteroatoms. The highest BCUT2D eigenvalue weighted by Gasteiger charge is 2.30. The van der Waals surface area contributed by atoms with Gasteiger partial charge in [-0.15, -0.1) is 11.3 Å². The number of thiophene rings is 1. The highest BCUT2D eigenvalue weighted by Crippen LogP contribution is 2.53. The number of benzene rings is 5. The van der Waals surface area contributed by atoms with Crippen molar-refractivity contribution in [3.63, 3.8) is 0 Å². The van der Waals surface area contributed by atoms with Crippen LogP contribution in [0.3, 0.4) is 0 Å². The van der Waals surface area contributed by atoms with Gasteiger partial charge in [0.25, 0.3) is 5.91 Å². The fraction of sp³-hybridized carbons (Fsp3) is 0.108. The summed E-state index contributed by atoms with van der Waals surface area (Å²) in [5.41, 5.74) is 9.25. The van der Waals surface area contributed by atoms with Crippen molar-refractivity contribution in [2.24, 2.45) is 0 Å². The number of rotatable bonds is 5. The van der Waals surface area contributed by atoms with Crippen LogP contribution in [-0.4, -0.2) is 23.9 Å². The molecule has 1 aromatic heterocycles. The molecular formula is C37H29NOS. The van der Waals surface area contributed by atoms with Crippen molar-refractivity contribution in [2.75, 3.05) is 13.1 Å². The molecule has 0 N–H and O–H groups in total. The summed E-state index contributed by atoms with van der Waals surface area (Å²) in [6, 6.07) is 42.6. The van der Waals surface area contributed by atoms with E-state index in [1.165, 1.54) is 16.7 Å². The van der Waals surface area contributed by atoms with E-state index in [1.807, 2.05) is 4.90 Å². The number of hydrogen-bond acceptors (Lipinski definition) is 2. The van der Waals surface area contributed by atoms with Crippen LogP contribution in [0.5, 0.6) is 0 Å². The highest BCUT2D eigenvalue weighted by molar-refractivity contribution is 7.14. The predicted molar refractivity (Wildman–Crippen MR) is 169 cm³/mol. The van der Waals surface area contributed by atoms with Crippen molar-refractivity contribution < 1.29 is 4.79 Å². The van der Waals surface area contributed by atoms with Crippen LogP contribution in [0.2, 0.25) is 0 Å². The molecule has 0 bridgehead atoms. The molecule has 0 saturated carbocycles. The lowest BCUT2D eigenvalue weighted by atomic mass is 9.79. The summed E-state index contributed by atoms with van der Waals surface area (Å²) in [6.45, 7) is 1.66. The van der Waals surface area contributed by atoms with E-state index < -0.39 is 0 Å². The number of likely N-dealkylation sites (tertiary alicyclic amines) is 1. The van der Waals surface area contributed by atoms with Crippen LogP contribution in [0.4, 0.5) is 0 Å². The van der Waals surface area contributed by atoms with Gasteiger partial charge < -0.3 is 4.90 Å². The Hall–Kier alpha value is -4.47. The second-order valence-electron chi connectivity index (χ2n) is 10.3. The number of carbonyl (C=O) groups excluding carboxylic acids is 1. The zero-order valence-corrected chi connectivity index (χ0v) is 23.0. The van der Waals surface area contributed by atoms with Crippen LogP contribution in [0.15, 0.2) is 127 Å². The van der Waals surface area contributed by atoms with Gasteiger partial charge in [-0.25, -0.2) is 0 Å². The van der Waals surface area contributed by atoms with Gasteiger partial charge in [-0.05, 0) is 57.3 Å².